The Labute approximate surface area is 129 Å². The zero-order valence-electron chi connectivity index (χ0n) is 11.8. The fraction of sp³-hybridized carbons (Fsp3) is 0.0625. The van der Waals surface area contributed by atoms with Gasteiger partial charge in [0.15, 0.2) is 11.5 Å². The van der Waals surface area contributed by atoms with Crippen LogP contribution in [0.2, 0.25) is 0 Å². The summed E-state index contributed by atoms with van der Waals surface area (Å²) in [4.78, 5) is 11.7. The van der Waals surface area contributed by atoms with E-state index in [1.54, 1.807) is 24.3 Å². The van der Waals surface area contributed by atoms with Crippen molar-refractivity contribution < 1.29 is 22.4 Å². The molecule has 0 fully saturated rings. The number of para-hydroxylation sites is 1. The maximum atomic E-state index is 13.4. The normalized spacial score (nSPS) is 10.5. The summed E-state index contributed by atoms with van der Waals surface area (Å²) in [7, 11) is 0. The number of hydrogen-bond acceptors (Lipinski definition) is 3. The first-order chi connectivity index (χ1) is 11.1. The maximum absolute atomic E-state index is 13.4. The summed E-state index contributed by atoms with van der Waals surface area (Å²) >= 11 is 0. The molecule has 7 heteroatoms. The Kier molecular flexibility index (Phi) is 4.09. The Bertz CT molecular complexity index is 792. The van der Waals surface area contributed by atoms with E-state index in [2.05, 4.69) is 10.6 Å². The number of halogens is 2. The standard InChI is InChI=1S/C16H12F2N2O3/c17-11-3-1-4-12(18)15(11)20-16(21)19-9-10-6-7-14(23-10)13-5-2-8-22-13/h1-8H,9H2,(H2,19,20,21). The van der Waals surface area contributed by atoms with Crippen LogP contribution in [0.5, 0.6) is 0 Å². The van der Waals surface area contributed by atoms with Crippen LogP contribution in [-0.2, 0) is 6.54 Å². The quantitative estimate of drug-likeness (QED) is 0.759. The van der Waals surface area contributed by atoms with Gasteiger partial charge in [0.25, 0.3) is 0 Å². The summed E-state index contributed by atoms with van der Waals surface area (Å²) in [5.74, 6) is -0.140. The fourth-order valence-corrected chi connectivity index (χ4v) is 1.97. The highest BCUT2D eigenvalue weighted by atomic mass is 19.1. The monoisotopic (exact) mass is 318 g/mol. The number of carbonyl (C=O) groups is 1. The van der Waals surface area contributed by atoms with E-state index in [4.69, 9.17) is 8.83 Å². The van der Waals surface area contributed by atoms with Crippen LogP contribution in [0, 0.1) is 11.6 Å². The Morgan fingerprint density at radius 3 is 2.48 bits per heavy atom. The lowest BCUT2D eigenvalue weighted by molar-refractivity contribution is 0.250. The lowest BCUT2D eigenvalue weighted by Gasteiger charge is -2.08. The molecule has 0 aliphatic carbocycles. The number of hydrogen-bond donors (Lipinski definition) is 2. The highest BCUT2D eigenvalue weighted by Crippen LogP contribution is 2.22. The molecule has 2 aromatic heterocycles. The summed E-state index contributed by atoms with van der Waals surface area (Å²) in [5.41, 5.74) is -0.499. The number of anilines is 1. The van der Waals surface area contributed by atoms with Crippen LogP contribution in [0.15, 0.2) is 57.6 Å². The highest BCUT2D eigenvalue weighted by molar-refractivity contribution is 5.89. The molecule has 3 aromatic rings. The molecule has 0 radical (unpaired) electrons. The second kappa shape index (κ2) is 6.35. The van der Waals surface area contributed by atoms with Crippen molar-refractivity contribution in [3.8, 4) is 11.5 Å². The highest BCUT2D eigenvalue weighted by Gasteiger charge is 2.12. The van der Waals surface area contributed by atoms with Crippen LogP contribution in [0.1, 0.15) is 5.76 Å². The van der Waals surface area contributed by atoms with Crippen molar-refractivity contribution in [2.45, 2.75) is 6.54 Å². The van der Waals surface area contributed by atoms with E-state index in [1.807, 2.05) is 0 Å². The van der Waals surface area contributed by atoms with Gasteiger partial charge < -0.3 is 19.5 Å². The lowest BCUT2D eigenvalue weighted by Crippen LogP contribution is -2.28. The molecule has 1 aromatic carbocycles. The maximum Gasteiger partial charge on any atom is 0.319 e. The summed E-state index contributed by atoms with van der Waals surface area (Å²) in [6, 6.07) is 9.42. The molecule has 2 N–H and O–H groups in total. The van der Waals surface area contributed by atoms with E-state index in [1.165, 1.54) is 12.3 Å². The molecule has 0 atom stereocenters. The van der Waals surface area contributed by atoms with Crippen LogP contribution in [-0.4, -0.2) is 6.03 Å². The molecule has 0 aliphatic heterocycles. The average Bonchev–Trinajstić information content (AvgIpc) is 3.19. The number of urea groups is 1. The number of amides is 2. The van der Waals surface area contributed by atoms with Gasteiger partial charge in [0.05, 0.1) is 12.8 Å². The smallest absolute Gasteiger partial charge is 0.319 e. The van der Waals surface area contributed by atoms with Gasteiger partial charge in [-0.2, -0.15) is 0 Å². The summed E-state index contributed by atoms with van der Waals surface area (Å²) in [5, 5.41) is 4.58. The van der Waals surface area contributed by atoms with E-state index in [9.17, 15) is 13.6 Å². The van der Waals surface area contributed by atoms with Crippen LogP contribution < -0.4 is 10.6 Å². The van der Waals surface area contributed by atoms with E-state index >= 15 is 0 Å². The van der Waals surface area contributed by atoms with Crippen LogP contribution in [0.4, 0.5) is 19.3 Å². The Hall–Kier alpha value is -3.09. The molecule has 5 nitrogen and oxygen atoms in total. The minimum atomic E-state index is -0.849. The van der Waals surface area contributed by atoms with E-state index < -0.39 is 23.4 Å². The molecule has 3 rings (SSSR count). The second-order valence-corrected chi connectivity index (χ2v) is 4.65. The Morgan fingerprint density at radius 2 is 1.78 bits per heavy atom. The molecule has 0 saturated carbocycles. The Morgan fingerprint density at radius 1 is 1.00 bits per heavy atom. The van der Waals surface area contributed by atoms with Gasteiger partial charge in [0, 0.05) is 0 Å². The summed E-state index contributed by atoms with van der Waals surface area (Å²) in [6.45, 7) is 0.0581. The third kappa shape index (κ3) is 3.39. The molecular weight excluding hydrogens is 306 g/mol. The van der Waals surface area contributed by atoms with Crippen LogP contribution in [0.25, 0.3) is 11.5 Å². The van der Waals surface area contributed by atoms with Gasteiger partial charge in [-0.3, -0.25) is 0 Å². The number of rotatable bonds is 4. The minimum absolute atomic E-state index is 0.0581. The SMILES string of the molecule is O=C(NCc1ccc(-c2ccco2)o1)Nc1c(F)cccc1F. The summed E-state index contributed by atoms with van der Waals surface area (Å²) < 4.78 is 37.5. The van der Waals surface area contributed by atoms with Crippen molar-refractivity contribution in [2.24, 2.45) is 0 Å². The summed E-state index contributed by atoms with van der Waals surface area (Å²) in [6.07, 6.45) is 1.52. The van der Waals surface area contributed by atoms with Crippen molar-refractivity contribution in [3.63, 3.8) is 0 Å². The molecule has 0 unspecified atom stereocenters. The molecule has 0 spiro atoms. The zero-order valence-corrected chi connectivity index (χ0v) is 11.8. The molecular formula is C16H12F2N2O3. The number of carbonyl (C=O) groups excluding carboxylic acids is 1. The second-order valence-electron chi connectivity index (χ2n) is 4.65. The third-order valence-electron chi connectivity index (χ3n) is 3.05. The topological polar surface area (TPSA) is 67.4 Å². The minimum Gasteiger partial charge on any atom is -0.461 e. The van der Waals surface area contributed by atoms with E-state index in [0.29, 0.717) is 17.3 Å². The van der Waals surface area contributed by atoms with E-state index in [-0.39, 0.29) is 6.54 Å². The Balaban J connectivity index is 1.59. The van der Waals surface area contributed by atoms with Gasteiger partial charge in [-0.05, 0) is 36.4 Å². The van der Waals surface area contributed by atoms with Crippen molar-refractivity contribution in [1.29, 1.82) is 0 Å². The fourth-order valence-electron chi connectivity index (χ4n) is 1.97. The number of furan rings is 2. The molecule has 2 heterocycles. The van der Waals surface area contributed by atoms with Crippen molar-refractivity contribution in [1.82, 2.24) is 5.32 Å². The van der Waals surface area contributed by atoms with Gasteiger partial charge in [-0.15, -0.1) is 0 Å². The van der Waals surface area contributed by atoms with Crippen molar-refractivity contribution in [3.05, 3.63) is 66.1 Å². The molecule has 23 heavy (non-hydrogen) atoms. The number of benzene rings is 1. The molecule has 118 valence electrons. The van der Waals surface area contributed by atoms with Gasteiger partial charge in [0.1, 0.15) is 23.1 Å². The first kappa shape index (κ1) is 14.8. The van der Waals surface area contributed by atoms with Gasteiger partial charge in [-0.1, -0.05) is 6.07 Å². The average molecular weight is 318 g/mol. The van der Waals surface area contributed by atoms with Gasteiger partial charge in [0.2, 0.25) is 0 Å². The molecule has 0 bridgehead atoms. The van der Waals surface area contributed by atoms with Crippen LogP contribution in [0.3, 0.4) is 0 Å². The van der Waals surface area contributed by atoms with E-state index in [0.717, 1.165) is 12.1 Å². The van der Waals surface area contributed by atoms with Gasteiger partial charge >= 0.3 is 6.03 Å². The largest absolute Gasteiger partial charge is 0.461 e. The van der Waals surface area contributed by atoms with Gasteiger partial charge in [-0.25, -0.2) is 13.6 Å². The molecule has 0 saturated heterocycles. The predicted molar refractivity (Wildman–Crippen MR) is 78.6 cm³/mol. The lowest BCUT2D eigenvalue weighted by atomic mass is 10.3. The van der Waals surface area contributed by atoms with Crippen LogP contribution >= 0.6 is 0 Å². The number of nitrogens with one attached hydrogen (secondary N) is 2. The molecule has 0 aliphatic rings. The zero-order chi connectivity index (χ0) is 16.2. The van der Waals surface area contributed by atoms with Crippen molar-refractivity contribution >= 4 is 11.7 Å². The predicted octanol–water partition coefficient (Wildman–Crippen LogP) is 4.14. The third-order valence-corrected chi connectivity index (χ3v) is 3.05. The van der Waals surface area contributed by atoms with Crippen molar-refractivity contribution in [2.75, 3.05) is 5.32 Å². The first-order valence-electron chi connectivity index (χ1n) is 6.75. The first-order valence-corrected chi connectivity index (χ1v) is 6.75. The molecule has 2 amide bonds.